The molecule has 21 heavy (non-hydrogen) atoms. The molecule has 0 saturated carbocycles. The average molecular weight is 289 g/mol. The minimum absolute atomic E-state index is 0.131. The van der Waals surface area contributed by atoms with Crippen LogP contribution in [0.4, 0.5) is 8.78 Å². The average Bonchev–Trinajstić information content (AvgIpc) is 2.47. The van der Waals surface area contributed by atoms with E-state index in [9.17, 15) is 8.78 Å². The van der Waals surface area contributed by atoms with Crippen molar-refractivity contribution in [3.63, 3.8) is 0 Å². The number of halogens is 2. The maximum absolute atomic E-state index is 13.7. The molecule has 0 amide bonds. The lowest BCUT2D eigenvalue weighted by Crippen LogP contribution is -2.22. The van der Waals surface area contributed by atoms with E-state index in [0.29, 0.717) is 11.5 Å². The molecule has 2 atom stereocenters. The van der Waals surface area contributed by atoms with E-state index >= 15 is 0 Å². The van der Waals surface area contributed by atoms with Crippen molar-refractivity contribution in [3.05, 3.63) is 71.3 Å². The standard InChI is InChI=1S/C18H21F2N/c1-13(15-6-4-3-5-7-15)10-11-21-14(2)17-9-8-16(19)12-18(17)20/h3-9,12-14,21H,10-11H2,1-2H3. The summed E-state index contributed by atoms with van der Waals surface area (Å²) in [5, 5.41) is 3.30. The predicted molar refractivity (Wildman–Crippen MR) is 82.2 cm³/mol. The van der Waals surface area contributed by atoms with E-state index < -0.39 is 11.6 Å². The first-order chi connectivity index (χ1) is 10.1. The Labute approximate surface area is 125 Å². The second kappa shape index (κ2) is 7.32. The topological polar surface area (TPSA) is 12.0 Å². The first-order valence-electron chi connectivity index (χ1n) is 7.31. The third-order valence-corrected chi connectivity index (χ3v) is 3.83. The summed E-state index contributed by atoms with van der Waals surface area (Å²) in [6, 6.07) is 13.9. The molecule has 0 fully saturated rings. The van der Waals surface area contributed by atoms with Gasteiger partial charge >= 0.3 is 0 Å². The van der Waals surface area contributed by atoms with Crippen LogP contribution in [0.25, 0.3) is 0 Å². The van der Waals surface area contributed by atoms with Crippen LogP contribution in [0.1, 0.15) is 43.4 Å². The molecule has 2 rings (SSSR count). The Bertz CT molecular complexity index is 569. The van der Waals surface area contributed by atoms with E-state index in [1.54, 1.807) is 0 Å². The fraction of sp³-hybridized carbons (Fsp3) is 0.333. The molecule has 3 heteroatoms. The Balaban J connectivity index is 1.85. The highest BCUT2D eigenvalue weighted by Gasteiger charge is 2.12. The molecule has 1 nitrogen and oxygen atoms in total. The van der Waals surface area contributed by atoms with Crippen LogP contribution < -0.4 is 5.32 Å². The summed E-state index contributed by atoms with van der Waals surface area (Å²) in [7, 11) is 0. The SMILES string of the molecule is CC(CCNC(C)c1ccc(F)cc1F)c1ccccc1. The smallest absolute Gasteiger partial charge is 0.130 e. The third kappa shape index (κ3) is 4.36. The van der Waals surface area contributed by atoms with E-state index in [1.807, 2.05) is 25.1 Å². The zero-order valence-electron chi connectivity index (χ0n) is 12.4. The van der Waals surface area contributed by atoms with Gasteiger partial charge < -0.3 is 5.32 Å². The molecule has 2 unspecified atom stereocenters. The predicted octanol–water partition coefficient (Wildman–Crippen LogP) is 4.81. The van der Waals surface area contributed by atoms with Gasteiger partial charge in [0.15, 0.2) is 0 Å². The van der Waals surface area contributed by atoms with Gasteiger partial charge in [-0.15, -0.1) is 0 Å². The van der Waals surface area contributed by atoms with Gasteiger partial charge in [0, 0.05) is 17.7 Å². The van der Waals surface area contributed by atoms with Gasteiger partial charge in [0.1, 0.15) is 11.6 Å². The molecule has 0 aromatic heterocycles. The molecule has 0 spiro atoms. The summed E-state index contributed by atoms with van der Waals surface area (Å²) < 4.78 is 26.6. The van der Waals surface area contributed by atoms with Crippen LogP contribution in [0.2, 0.25) is 0 Å². The summed E-state index contributed by atoms with van der Waals surface area (Å²) >= 11 is 0. The Morgan fingerprint density at radius 2 is 1.71 bits per heavy atom. The van der Waals surface area contributed by atoms with E-state index in [4.69, 9.17) is 0 Å². The highest BCUT2D eigenvalue weighted by Crippen LogP contribution is 2.20. The van der Waals surface area contributed by atoms with E-state index in [0.717, 1.165) is 19.0 Å². The van der Waals surface area contributed by atoms with Crippen molar-refractivity contribution in [2.24, 2.45) is 0 Å². The molecular weight excluding hydrogens is 268 g/mol. The van der Waals surface area contributed by atoms with E-state index in [1.165, 1.54) is 17.7 Å². The van der Waals surface area contributed by atoms with Crippen molar-refractivity contribution in [1.29, 1.82) is 0 Å². The summed E-state index contributed by atoms with van der Waals surface area (Å²) in [6.07, 6.45) is 0.969. The van der Waals surface area contributed by atoms with Crippen molar-refractivity contribution in [3.8, 4) is 0 Å². The second-order valence-corrected chi connectivity index (χ2v) is 5.44. The Morgan fingerprint density at radius 1 is 1.00 bits per heavy atom. The fourth-order valence-electron chi connectivity index (χ4n) is 2.43. The van der Waals surface area contributed by atoms with Gasteiger partial charge in [0.25, 0.3) is 0 Å². The summed E-state index contributed by atoms with van der Waals surface area (Å²) in [4.78, 5) is 0. The minimum atomic E-state index is -0.541. The van der Waals surface area contributed by atoms with Crippen molar-refractivity contribution in [2.75, 3.05) is 6.54 Å². The van der Waals surface area contributed by atoms with Crippen LogP contribution in [0.3, 0.4) is 0 Å². The molecule has 0 aliphatic heterocycles. The molecule has 0 bridgehead atoms. The third-order valence-electron chi connectivity index (χ3n) is 3.83. The van der Waals surface area contributed by atoms with Gasteiger partial charge in [-0.05, 0) is 37.4 Å². The normalized spacial score (nSPS) is 13.9. The maximum atomic E-state index is 13.7. The molecule has 0 saturated heterocycles. The lowest BCUT2D eigenvalue weighted by atomic mass is 9.97. The maximum Gasteiger partial charge on any atom is 0.130 e. The molecule has 0 heterocycles. The summed E-state index contributed by atoms with van der Waals surface area (Å²) in [6.45, 7) is 4.86. The van der Waals surface area contributed by atoms with E-state index in [2.05, 4.69) is 24.4 Å². The molecule has 1 N–H and O–H groups in total. The zero-order chi connectivity index (χ0) is 15.2. The van der Waals surface area contributed by atoms with Gasteiger partial charge in [0.05, 0.1) is 0 Å². The number of benzene rings is 2. The number of rotatable bonds is 6. The molecule has 112 valence electrons. The van der Waals surface area contributed by atoms with Crippen LogP contribution >= 0.6 is 0 Å². The van der Waals surface area contributed by atoms with Crippen molar-refractivity contribution < 1.29 is 8.78 Å². The fourth-order valence-corrected chi connectivity index (χ4v) is 2.43. The van der Waals surface area contributed by atoms with Crippen molar-refractivity contribution in [2.45, 2.75) is 32.2 Å². The van der Waals surface area contributed by atoms with Gasteiger partial charge in [-0.2, -0.15) is 0 Å². The summed E-state index contributed by atoms with van der Waals surface area (Å²) in [5.74, 6) is -0.587. The molecule has 0 radical (unpaired) electrons. The van der Waals surface area contributed by atoms with Crippen LogP contribution in [-0.4, -0.2) is 6.54 Å². The van der Waals surface area contributed by atoms with Crippen LogP contribution in [0, 0.1) is 11.6 Å². The lowest BCUT2D eigenvalue weighted by molar-refractivity contribution is 0.500. The Hall–Kier alpha value is -1.74. The Kier molecular flexibility index (Phi) is 5.45. The second-order valence-electron chi connectivity index (χ2n) is 5.44. The van der Waals surface area contributed by atoms with Crippen LogP contribution in [0.5, 0.6) is 0 Å². The lowest BCUT2D eigenvalue weighted by Gasteiger charge is -2.17. The zero-order valence-corrected chi connectivity index (χ0v) is 12.4. The van der Waals surface area contributed by atoms with Crippen LogP contribution in [-0.2, 0) is 0 Å². The highest BCUT2D eigenvalue weighted by atomic mass is 19.1. The number of nitrogens with one attached hydrogen (secondary N) is 1. The molecular formula is C18H21F2N. The quantitative estimate of drug-likeness (QED) is 0.804. The monoisotopic (exact) mass is 289 g/mol. The van der Waals surface area contributed by atoms with Gasteiger partial charge in [-0.3, -0.25) is 0 Å². The van der Waals surface area contributed by atoms with Gasteiger partial charge in [-0.1, -0.05) is 43.3 Å². The first-order valence-corrected chi connectivity index (χ1v) is 7.31. The number of hydrogen-bond acceptors (Lipinski definition) is 1. The first kappa shape index (κ1) is 15.6. The minimum Gasteiger partial charge on any atom is -0.310 e. The largest absolute Gasteiger partial charge is 0.310 e. The summed E-state index contributed by atoms with van der Waals surface area (Å²) in [5.41, 5.74) is 1.81. The number of hydrogen-bond donors (Lipinski definition) is 1. The molecule has 2 aromatic rings. The van der Waals surface area contributed by atoms with Gasteiger partial charge in [0.2, 0.25) is 0 Å². The molecule has 2 aromatic carbocycles. The highest BCUT2D eigenvalue weighted by molar-refractivity contribution is 5.22. The van der Waals surface area contributed by atoms with Crippen molar-refractivity contribution in [1.82, 2.24) is 5.32 Å². The van der Waals surface area contributed by atoms with Gasteiger partial charge in [-0.25, -0.2) is 8.78 Å². The van der Waals surface area contributed by atoms with E-state index in [-0.39, 0.29) is 6.04 Å². The molecule has 0 aliphatic rings. The van der Waals surface area contributed by atoms with Crippen LogP contribution in [0.15, 0.2) is 48.5 Å². The van der Waals surface area contributed by atoms with Crippen molar-refractivity contribution >= 4 is 0 Å². The molecule has 0 aliphatic carbocycles. The Morgan fingerprint density at radius 3 is 2.38 bits per heavy atom.